The van der Waals surface area contributed by atoms with Crippen LogP contribution in [0.3, 0.4) is 0 Å². The maximum atomic E-state index is 11.6. The van der Waals surface area contributed by atoms with Crippen molar-refractivity contribution in [1.82, 2.24) is 4.90 Å². The first-order chi connectivity index (χ1) is 11.2. The third-order valence-corrected chi connectivity index (χ3v) is 4.11. The maximum absolute atomic E-state index is 11.6. The summed E-state index contributed by atoms with van der Waals surface area (Å²) < 4.78 is 4.96. The van der Waals surface area contributed by atoms with Crippen molar-refractivity contribution >= 4 is 5.97 Å². The highest BCUT2D eigenvalue weighted by Crippen LogP contribution is 2.36. The molecule has 1 aliphatic heterocycles. The Hall–Kier alpha value is -2.17. The largest absolute Gasteiger partial charge is 0.462 e. The van der Waals surface area contributed by atoms with Gasteiger partial charge >= 0.3 is 5.97 Å². The minimum Gasteiger partial charge on any atom is -0.462 e. The van der Waals surface area contributed by atoms with Gasteiger partial charge in [0.25, 0.3) is 0 Å². The standard InChI is InChI=1S/C19H21NO3/c1-2-23-19(22)16-10-8-15(9-11-16)18(21)13-20-12-17(20)14-6-4-3-5-7-14/h3-11,17-18,21H,2,12-13H2,1H3. The van der Waals surface area contributed by atoms with Crippen LogP contribution in [0.2, 0.25) is 0 Å². The molecule has 2 aromatic carbocycles. The number of esters is 1. The summed E-state index contributed by atoms with van der Waals surface area (Å²) in [6.45, 7) is 3.71. The molecule has 3 rings (SSSR count). The number of aliphatic hydroxyl groups is 1. The Kier molecular flexibility index (Phi) is 4.74. The van der Waals surface area contributed by atoms with Crippen molar-refractivity contribution in [1.29, 1.82) is 0 Å². The lowest BCUT2D eigenvalue weighted by Gasteiger charge is -2.13. The summed E-state index contributed by atoms with van der Waals surface area (Å²) in [5.74, 6) is -0.330. The maximum Gasteiger partial charge on any atom is 0.338 e. The molecule has 2 aromatic rings. The third kappa shape index (κ3) is 3.78. The van der Waals surface area contributed by atoms with Gasteiger partial charge in [-0.1, -0.05) is 42.5 Å². The summed E-state index contributed by atoms with van der Waals surface area (Å²) >= 11 is 0. The Morgan fingerprint density at radius 2 is 1.91 bits per heavy atom. The highest BCUT2D eigenvalue weighted by molar-refractivity contribution is 5.89. The van der Waals surface area contributed by atoms with Crippen LogP contribution in [0.5, 0.6) is 0 Å². The minimum absolute atomic E-state index is 0.330. The number of carbonyl (C=O) groups is 1. The Morgan fingerprint density at radius 1 is 1.22 bits per heavy atom. The van der Waals surface area contributed by atoms with Crippen LogP contribution in [0.1, 0.15) is 40.6 Å². The molecule has 0 radical (unpaired) electrons. The first-order valence-electron chi connectivity index (χ1n) is 7.93. The van der Waals surface area contributed by atoms with Gasteiger partial charge in [0.2, 0.25) is 0 Å². The molecule has 120 valence electrons. The number of hydrogen-bond acceptors (Lipinski definition) is 4. The molecule has 1 N–H and O–H groups in total. The molecule has 4 heteroatoms. The molecule has 0 aliphatic carbocycles. The van der Waals surface area contributed by atoms with Crippen LogP contribution in [0.15, 0.2) is 54.6 Å². The van der Waals surface area contributed by atoms with Crippen LogP contribution in [-0.2, 0) is 4.74 Å². The molecule has 0 spiro atoms. The fraction of sp³-hybridized carbons (Fsp3) is 0.316. The van der Waals surface area contributed by atoms with Crippen molar-refractivity contribution in [3.05, 3.63) is 71.3 Å². The first-order valence-corrected chi connectivity index (χ1v) is 7.93. The van der Waals surface area contributed by atoms with Gasteiger partial charge in [0.15, 0.2) is 0 Å². The van der Waals surface area contributed by atoms with Crippen LogP contribution in [0.4, 0.5) is 0 Å². The van der Waals surface area contributed by atoms with E-state index in [2.05, 4.69) is 17.0 Å². The van der Waals surface area contributed by atoms with Crippen molar-refractivity contribution in [2.24, 2.45) is 0 Å². The Balaban J connectivity index is 1.57. The van der Waals surface area contributed by atoms with Gasteiger partial charge in [0.1, 0.15) is 0 Å². The average Bonchev–Trinajstić information content (AvgIpc) is 3.35. The number of nitrogens with zero attached hydrogens (tertiary/aromatic N) is 1. The lowest BCUT2D eigenvalue weighted by molar-refractivity contribution is 0.0526. The third-order valence-electron chi connectivity index (χ3n) is 4.11. The van der Waals surface area contributed by atoms with Gasteiger partial charge in [-0.15, -0.1) is 0 Å². The SMILES string of the molecule is CCOC(=O)c1ccc(C(O)CN2CC2c2ccccc2)cc1. The zero-order valence-electron chi connectivity index (χ0n) is 13.2. The number of rotatable bonds is 6. The minimum atomic E-state index is -0.556. The van der Waals surface area contributed by atoms with Crippen LogP contribution in [0, 0.1) is 0 Å². The molecule has 1 aliphatic rings. The number of hydrogen-bond donors (Lipinski definition) is 1. The van der Waals surface area contributed by atoms with E-state index in [9.17, 15) is 9.90 Å². The molecule has 0 bridgehead atoms. The summed E-state index contributed by atoms with van der Waals surface area (Å²) in [6.07, 6.45) is -0.556. The van der Waals surface area contributed by atoms with E-state index >= 15 is 0 Å². The van der Waals surface area contributed by atoms with E-state index in [0.29, 0.717) is 24.8 Å². The fourth-order valence-electron chi connectivity index (χ4n) is 2.75. The second-order valence-electron chi connectivity index (χ2n) is 5.74. The van der Waals surface area contributed by atoms with Crippen LogP contribution in [-0.4, -0.2) is 35.7 Å². The quantitative estimate of drug-likeness (QED) is 0.658. The molecular formula is C19H21NO3. The zero-order chi connectivity index (χ0) is 16.2. The van der Waals surface area contributed by atoms with Crippen molar-refractivity contribution in [3.63, 3.8) is 0 Å². The Labute approximate surface area is 136 Å². The summed E-state index contributed by atoms with van der Waals surface area (Å²) in [5, 5.41) is 10.4. The molecular weight excluding hydrogens is 290 g/mol. The summed E-state index contributed by atoms with van der Waals surface area (Å²) in [6, 6.07) is 17.7. The molecule has 4 nitrogen and oxygen atoms in total. The van der Waals surface area contributed by atoms with Gasteiger partial charge in [0.05, 0.1) is 18.3 Å². The highest BCUT2D eigenvalue weighted by atomic mass is 16.5. The van der Waals surface area contributed by atoms with Crippen LogP contribution < -0.4 is 0 Å². The van der Waals surface area contributed by atoms with E-state index in [1.54, 1.807) is 31.2 Å². The number of β-amino-alcohol motifs (C(OH)–C–C–N with tert-alkyl or cyclic N) is 1. The van der Waals surface area contributed by atoms with E-state index in [0.717, 1.165) is 12.1 Å². The smallest absolute Gasteiger partial charge is 0.338 e. The first kappa shape index (κ1) is 15.7. The second-order valence-corrected chi connectivity index (χ2v) is 5.74. The fourth-order valence-corrected chi connectivity index (χ4v) is 2.75. The topological polar surface area (TPSA) is 49.5 Å². The van der Waals surface area contributed by atoms with Gasteiger partial charge in [-0.25, -0.2) is 4.79 Å². The van der Waals surface area contributed by atoms with Crippen molar-refractivity contribution in [3.8, 4) is 0 Å². The van der Waals surface area contributed by atoms with Gasteiger partial charge in [-0.2, -0.15) is 0 Å². The van der Waals surface area contributed by atoms with E-state index in [-0.39, 0.29) is 5.97 Å². The summed E-state index contributed by atoms with van der Waals surface area (Å²) in [5.41, 5.74) is 2.62. The molecule has 3 atom stereocenters. The van der Waals surface area contributed by atoms with Crippen LogP contribution >= 0.6 is 0 Å². The number of aliphatic hydroxyl groups excluding tert-OH is 1. The van der Waals surface area contributed by atoms with Crippen molar-refractivity contribution in [2.45, 2.75) is 19.1 Å². The lowest BCUT2D eigenvalue weighted by Crippen LogP contribution is -2.12. The van der Waals surface area contributed by atoms with Gasteiger partial charge in [0, 0.05) is 19.1 Å². The van der Waals surface area contributed by atoms with Gasteiger partial charge in [-0.3, -0.25) is 4.90 Å². The van der Waals surface area contributed by atoms with Crippen molar-refractivity contribution in [2.75, 3.05) is 19.7 Å². The predicted molar refractivity (Wildman–Crippen MR) is 88.1 cm³/mol. The Morgan fingerprint density at radius 3 is 2.57 bits per heavy atom. The van der Waals surface area contributed by atoms with Crippen LogP contribution in [0.25, 0.3) is 0 Å². The monoisotopic (exact) mass is 311 g/mol. The number of ether oxygens (including phenoxy) is 1. The molecule has 3 unspecified atom stereocenters. The van der Waals surface area contributed by atoms with Crippen molar-refractivity contribution < 1.29 is 14.6 Å². The number of benzene rings is 2. The number of carbonyl (C=O) groups excluding carboxylic acids is 1. The van der Waals surface area contributed by atoms with Gasteiger partial charge in [-0.05, 0) is 30.2 Å². The van der Waals surface area contributed by atoms with E-state index in [1.807, 2.05) is 18.2 Å². The normalized spacial score (nSPS) is 20.8. The Bertz CT molecular complexity index is 654. The molecule has 1 fully saturated rings. The second kappa shape index (κ2) is 6.94. The predicted octanol–water partition coefficient (Wildman–Crippen LogP) is 2.95. The van der Waals surface area contributed by atoms with Gasteiger partial charge < -0.3 is 9.84 Å². The molecule has 1 heterocycles. The zero-order valence-corrected chi connectivity index (χ0v) is 13.2. The lowest BCUT2D eigenvalue weighted by atomic mass is 10.1. The molecule has 0 amide bonds. The summed E-state index contributed by atoms with van der Waals surface area (Å²) in [4.78, 5) is 13.9. The van der Waals surface area contributed by atoms with E-state index < -0.39 is 6.10 Å². The molecule has 23 heavy (non-hydrogen) atoms. The average molecular weight is 311 g/mol. The highest BCUT2D eigenvalue weighted by Gasteiger charge is 2.36. The van der Waals surface area contributed by atoms with E-state index in [1.165, 1.54) is 5.56 Å². The molecule has 0 saturated carbocycles. The summed E-state index contributed by atoms with van der Waals surface area (Å²) in [7, 11) is 0. The van der Waals surface area contributed by atoms with E-state index in [4.69, 9.17) is 4.74 Å². The molecule has 0 aromatic heterocycles. The molecule has 1 saturated heterocycles.